The van der Waals surface area contributed by atoms with Gasteiger partial charge in [0.2, 0.25) is 0 Å². The summed E-state index contributed by atoms with van der Waals surface area (Å²) in [7, 11) is 0. The fourth-order valence-corrected chi connectivity index (χ4v) is 9.97. The summed E-state index contributed by atoms with van der Waals surface area (Å²) in [5.41, 5.74) is 5.32. The van der Waals surface area contributed by atoms with Crippen molar-refractivity contribution in [2.45, 2.75) is 93.7 Å². The molecule has 2 N–H and O–H groups in total. The topological polar surface area (TPSA) is 40.5 Å². The maximum Gasteiger partial charge on any atom is 0.0677 e. The molecule has 4 aromatic rings. The van der Waals surface area contributed by atoms with E-state index < -0.39 is 0 Å². The molecule has 4 unspecified atom stereocenters. The summed E-state index contributed by atoms with van der Waals surface area (Å²) in [6, 6.07) is 43.3. The molecule has 0 saturated heterocycles. The van der Waals surface area contributed by atoms with Gasteiger partial charge >= 0.3 is 0 Å². The third-order valence-electron chi connectivity index (χ3n) is 12.1. The van der Waals surface area contributed by atoms with Crippen LogP contribution in [0.2, 0.25) is 0 Å². The first-order valence-corrected chi connectivity index (χ1v) is 17.2. The van der Waals surface area contributed by atoms with Gasteiger partial charge in [-0.3, -0.25) is 0 Å². The maximum atomic E-state index is 12.0. The fourth-order valence-electron chi connectivity index (χ4n) is 9.97. The summed E-state index contributed by atoms with van der Waals surface area (Å²) < 4.78 is 0. The highest BCUT2D eigenvalue weighted by atomic mass is 16.3. The average Bonchev–Trinajstić information content (AvgIpc) is 3.10. The monoisotopic (exact) mass is 584 g/mol. The summed E-state index contributed by atoms with van der Waals surface area (Å²) >= 11 is 0. The van der Waals surface area contributed by atoms with Gasteiger partial charge in [0.25, 0.3) is 0 Å². The molecule has 44 heavy (non-hydrogen) atoms. The van der Waals surface area contributed by atoms with Crippen LogP contribution in [-0.4, -0.2) is 22.4 Å². The lowest BCUT2D eigenvalue weighted by Gasteiger charge is -2.57. The first-order chi connectivity index (χ1) is 21.6. The van der Waals surface area contributed by atoms with E-state index >= 15 is 0 Å². The Morgan fingerprint density at radius 2 is 0.659 bits per heavy atom. The van der Waals surface area contributed by atoms with Crippen LogP contribution in [0.1, 0.15) is 104 Å². The molecular weight excluding hydrogens is 536 g/mol. The highest BCUT2D eigenvalue weighted by Gasteiger charge is 2.54. The first-order valence-electron chi connectivity index (χ1n) is 17.2. The smallest absolute Gasteiger partial charge is 0.0677 e. The van der Waals surface area contributed by atoms with E-state index in [4.69, 9.17) is 0 Å². The van der Waals surface area contributed by atoms with Crippen molar-refractivity contribution in [3.63, 3.8) is 0 Å². The Labute approximate surface area is 264 Å². The molecule has 7 rings (SSSR count). The summed E-state index contributed by atoms with van der Waals surface area (Å²) in [6.07, 6.45) is 9.81. The van der Waals surface area contributed by atoms with Crippen molar-refractivity contribution in [1.29, 1.82) is 0 Å². The van der Waals surface area contributed by atoms with Crippen LogP contribution >= 0.6 is 0 Å². The van der Waals surface area contributed by atoms with Gasteiger partial charge in [0.05, 0.1) is 12.2 Å². The molecule has 3 saturated carbocycles. The van der Waals surface area contributed by atoms with E-state index in [0.717, 1.165) is 25.7 Å². The zero-order valence-electron chi connectivity index (χ0n) is 25.9. The van der Waals surface area contributed by atoms with Gasteiger partial charge < -0.3 is 10.2 Å². The van der Waals surface area contributed by atoms with Gasteiger partial charge in [-0.1, -0.05) is 141 Å². The number of rotatable bonds is 6. The van der Waals surface area contributed by atoms with E-state index in [0.29, 0.717) is 11.8 Å². The SMILES string of the molecule is OC1C(c2ccccc2)CC(C2(C3CC(c4ccccc4)C(O)C(c4ccccc4)C3)CCCCC2)CC1c1ccccc1. The second-order valence-corrected chi connectivity index (χ2v) is 14.2. The van der Waals surface area contributed by atoms with E-state index in [-0.39, 0.29) is 41.3 Å². The Bertz CT molecular complexity index is 1240. The van der Waals surface area contributed by atoms with Crippen molar-refractivity contribution < 1.29 is 10.2 Å². The molecule has 0 spiro atoms. The first kappa shape index (κ1) is 29.5. The molecule has 4 aromatic carbocycles. The lowest BCUT2D eigenvalue weighted by molar-refractivity contribution is -0.0677. The Morgan fingerprint density at radius 3 is 0.932 bits per heavy atom. The van der Waals surface area contributed by atoms with E-state index in [1.165, 1.54) is 54.4 Å². The molecule has 0 heterocycles. The predicted octanol–water partition coefficient (Wildman–Crippen LogP) is 9.61. The molecule has 3 aliphatic carbocycles. The fraction of sp³-hybridized carbons (Fsp3) is 0.429. The van der Waals surface area contributed by atoms with Crippen molar-refractivity contribution in [1.82, 2.24) is 0 Å². The lowest BCUT2D eigenvalue weighted by Crippen LogP contribution is -2.49. The molecular formula is C42H48O2. The van der Waals surface area contributed by atoms with Crippen LogP contribution in [0.5, 0.6) is 0 Å². The third kappa shape index (κ3) is 5.68. The van der Waals surface area contributed by atoms with Crippen molar-refractivity contribution in [2.75, 3.05) is 0 Å². The van der Waals surface area contributed by atoms with Crippen LogP contribution < -0.4 is 0 Å². The standard InChI is InChI=1S/C42H48O2/c43-40-36(30-16-6-1-7-17-30)26-34(27-37(40)31-18-8-2-9-19-31)42(24-14-5-15-25-42)35-28-38(32-20-10-3-11-21-32)41(44)39(29-35)33-22-12-4-13-23-33/h1-4,6-13,16-23,34-41,43-44H,5,14-15,24-29H2. The van der Waals surface area contributed by atoms with Crippen LogP contribution in [-0.2, 0) is 0 Å². The van der Waals surface area contributed by atoms with Crippen molar-refractivity contribution in [3.8, 4) is 0 Å². The van der Waals surface area contributed by atoms with Crippen LogP contribution in [0.15, 0.2) is 121 Å². The quantitative estimate of drug-likeness (QED) is 0.237. The van der Waals surface area contributed by atoms with Gasteiger partial charge in [0.15, 0.2) is 0 Å². The van der Waals surface area contributed by atoms with Crippen LogP contribution in [0.25, 0.3) is 0 Å². The molecule has 2 heteroatoms. The average molecular weight is 585 g/mol. The molecule has 0 radical (unpaired) electrons. The van der Waals surface area contributed by atoms with Gasteiger partial charge in [-0.05, 0) is 78.0 Å². The summed E-state index contributed by atoms with van der Waals surface area (Å²) in [6.45, 7) is 0. The van der Waals surface area contributed by atoms with E-state index in [2.05, 4.69) is 121 Å². The van der Waals surface area contributed by atoms with E-state index in [9.17, 15) is 10.2 Å². The zero-order valence-corrected chi connectivity index (χ0v) is 25.9. The van der Waals surface area contributed by atoms with Gasteiger partial charge in [-0.2, -0.15) is 0 Å². The molecule has 228 valence electrons. The van der Waals surface area contributed by atoms with E-state index in [1.54, 1.807) is 0 Å². The minimum atomic E-state index is -0.390. The summed E-state index contributed by atoms with van der Waals surface area (Å²) in [5.74, 6) is 1.56. The molecule has 0 amide bonds. The highest BCUT2D eigenvalue weighted by molar-refractivity contribution is 5.31. The number of benzene rings is 4. The Morgan fingerprint density at radius 1 is 0.386 bits per heavy atom. The molecule has 3 aliphatic rings. The summed E-state index contributed by atoms with van der Waals surface area (Å²) in [4.78, 5) is 0. The second kappa shape index (κ2) is 13.0. The van der Waals surface area contributed by atoms with Gasteiger partial charge in [0.1, 0.15) is 0 Å². The number of hydrogen-bond acceptors (Lipinski definition) is 2. The normalized spacial score (nSPS) is 32.1. The minimum absolute atomic E-state index is 0.128. The van der Waals surface area contributed by atoms with Gasteiger partial charge in [0, 0.05) is 23.7 Å². The van der Waals surface area contributed by atoms with E-state index in [1.807, 2.05) is 0 Å². The van der Waals surface area contributed by atoms with Gasteiger partial charge in [-0.15, -0.1) is 0 Å². The molecule has 0 aromatic heterocycles. The number of hydrogen-bond donors (Lipinski definition) is 2. The largest absolute Gasteiger partial charge is 0.392 e. The predicted molar refractivity (Wildman–Crippen MR) is 180 cm³/mol. The molecule has 0 bridgehead atoms. The van der Waals surface area contributed by atoms with Crippen molar-refractivity contribution in [3.05, 3.63) is 144 Å². The lowest BCUT2D eigenvalue weighted by atomic mass is 9.48. The zero-order chi connectivity index (χ0) is 29.9. The highest BCUT2D eigenvalue weighted by Crippen LogP contribution is 2.62. The molecule has 4 atom stereocenters. The second-order valence-electron chi connectivity index (χ2n) is 14.2. The van der Waals surface area contributed by atoms with Gasteiger partial charge in [-0.25, -0.2) is 0 Å². The van der Waals surface area contributed by atoms with Crippen molar-refractivity contribution >= 4 is 0 Å². The Balaban J connectivity index is 1.31. The van der Waals surface area contributed by atoms with Crippen molar-refractivity contribution in [2.24, 2.45) is 17.3 Å². The number of aliphatic hydroxyl groups excluding tert-OH is 2. The molecule has 3 fully saturated rings. The third-order valence-corrected chi connectivity index (χ3v) is 12.1. The van der Waals surface area contributed by atoms with Crippen LogP contribution in [0.4, 0.5) is 0 Å². The molecule has 2 nitrogen and oxygen atoms in total. The van der Waals surface area contributed by atoms with Crippen LogP contribution in [0.3, 0.4) is 0 Å². The molecule has 0 aliphatic heterocycles. The Hall–Kier alpha value is -3.20. The Kier molecular flexibility index (Phi) is 8.74. The minimum Gasteiger partial charge on any atom is -0.392 e. The maximum absolute atomic E-state index is 12.0. The number of aliphatic hydroxyl groups is 2. The summed E-state index contributed by atoms with van der Waals surface area (Å²) in [5, 5.41) is 24.1. The van der Waals surface area contributed by atoms with Crippen LogP contribution in [0, 0.1) is 17.3 Å².